The summed E-state index contributed by atoms with van der Waals surface area (Å²) in [6.07, 6.45) is 6.41. The van der Waals surface area contributed by atoms with Crippen molar-refractivity contribution in [2.45, 2.75) is 25.7 Å². The van der Waals surface area contributed by atoms with E-state index in [4.69, 9.17) is 4.98 Å². The molecular formula is C20H17N3O. The summed E-state index contributed by atoms with van der Waals surface area (Å²) in [4.78, 5) is 4.98. The largest absolute Gasteiger partial charge is 0.508 e. The Morgan fingerprint density at radius 2 is 1.88 bits per heavy atom. The SMILES string of the molecule is Oc1cccc(-c2nc3ccc4[nH]ncc4c3c3c2CCCC3)c1. The van der Waals surface area contributed by atoms with Crippen molar-refractivity contribution in [2.75, 3.05) is 0 Å². The molecule has 4 aromatic rings. The van der Waals surface area contributed by atoms with Gasteiger partial charge < -0.3 is 5.11 Å². The maximum Gasteiger partial charge on any atom is 0.116 e. The monoisotopic (exact) mass is 315 g/mol. The van der Waals surface area contributed by atoms with Crippen LogP contribution in [-0.2, 0) is 12.8 Å². The first kappa shape index (κ1) is 13.5. The zero-order valence-corrected chi connectivity index (χ0v) is 13.2. The van der Waals surface area contributed by atoms with E-state index in [0.29, 0.717) is 0 Å². The normalized spacial score (nSPS) is 14.2. The van der Waals surface area contributed by atoms with Crippen LogP contribution in [0.2, 0.25) is 0 Å². The van der Waals surface area contributed by atoms with Crippen LogP contribution in [0.15, 0.2) is 42.6 Å². The summed E-state index contributed by atoms with van der Waals surface area (Å²) in [6.45, 7) is 0. The first-order chi connectivity index (χ1) is 11.8. The molecule has 0 radical (unpaired) electrons. The van der Waals surface area contributed by atoms with Gasteiger partial charge in [0, 0.05) is 16.3 Å². The summed E-state index contributed by atoms with van der Waals surface area (Å²) in [5.41, 5.74) is 6.79. The number of aryl methyl sites for hydroxylation is 1. The van der Waals surface area contributed by atoms with E-state index in [1.165, 1.54) is 29.4 Å². The molecule has 2 aromatic carbocycles. The Hall–Kier alpha value is -2.88. The van der Waals surface area contributed by atoms with Gasteiger partial charge in [-0.2, -0.15) is 5.10 Å². The predicted octanol–water partition coefficient (Wildman–Crippen LogP) is 4.36. The number of phenolic OH excluding ortho intramolecular Hbond substituents is 1. The number of fused-ring (bicyclic) bond motifs is 5. The summed E-state index contributed by atoms with van der Waals surface area (Å²) < 4.78 is 0. The van der Waals surface area contributed by atoms with Crippen molar-refractivity contribution in [1.29, 1.82) is 0 Å². The summed E-state index contributed by atoms with van der Waals surface area (Å²) >= 11 is 0. The highest BCUT2D eigenvalue weighted by atomic mass is 16.3. The highest BCUT2D eigenvalue weighted by molar-refractivity contribution is 6.07. The predicted molar refractivity (Wildman–Crippen MR) is 95.1 cm³/mol. The average molecular weight is 315 g/mol. The molecule has 24 heavy (non-hydrogen) atoms. The van der Waals surface area contributed by atoms with Crippen molar-refractivity contribution in [3.05, 3.63) is 53.7 Å². The number of nitrogens with zero attached hydrogens (tertiary/aromatic N) is 2. The molecule has 0 spiro atoms. The van der Waals surface area contributed by atoms with E-state index in [-0.39, 0.29) is 5.75 Å². The van der Waals surface area contributed by atoms with Gasteiger partial charge in [-0.15, -0.1) is 0 Å². The van der Waals surface area contributed by atoms with Crippen LogP contribution in [0, 0.1) is 0 Å². The Labute approximate surface area is 139 Å². The van der Waals surface area contributed by atoms with E-state index in [0.717, 1.165) is 40.5 Å². The Morgan fingerprint density at radius 1 is 1.00 bits per heavy atom. The number of rotatable bonds is 1. The molecule has 0 atom stereocenters. The Balaban J connectivity index is 1.90. The van der Waals surface area contributed by atoms with Gasteiger partial charge in [-0.3, -0.25) is 5.10 Å². The maximum atomic E-state index is 9.87. The van der Waals surface area contributed by atoms with Crippen LogP contribution in [0.3, 0.4) is 0 Å². The van der Waals surface area contributed by atoms with Crippen LogP contribution in [0.1, 0.15) is 24.0 Å². The van der Waals surface area contributed by atoms with Gasteiger partial charge in [0.1, 0.15) is 5.75 Å². The number of aromatic amines is 1. The maximum absolute atomic E-state index is 9.87. The smallest absolute Gasteiger partial charge is 0.116 e. The van der Waals surface area contributed by atoms with E-state index in [1.807, 2.05) is 24.4 Å². The van der Waals surface area contributed by atoms with Crippen LogP contribution in [-0.4, -0.2) is 20.3 Å². The van der Waals surface area contributed by atoms with Crippen LogP contribution in [0.4, 0.5) is 0 Å². The van der Waals surface area contributed by atoms with Gasteiger partial charge in [-0.25, -0.2) is 4.98 Å². The Bertz CT molecular complexity index is 1080. The van der Waals surface area contributed by atoms with E-state index in [2.05, 4.69) is 16.3 Å². The third-order valence-electron chi connectivity index (χ3n) is 5.01. The number of hydrogen-bond donors (Lipinski definition) is 2. The van der Waals surface area contributed by atoms with Crippen LogP contribution in [0.25, 0.3) is 33.1 Å². The summed E-state index contributed by atoms with van der Waals surface area (Å²) in [6, 6.07) is 11.5. The topological polar surface area (TPSA) is 61.8 Å². The molecule has 0 aliphatic heterocycles. The fourth-order valence-corrected chi connectivity index (χ4v) is 3.94. The molecule has 0 saturated heterocycles. The molecule has 2 heterocycles. The third kappa shape index (κ3) is 1.92. The first-order valence-corrected chi connectivity index (χ1v) is 8.38. The third-order valence-corrected chi connectivity index (χ3v) is 5.01. The minimum absolute atomic E-state index is 0.282. The molecule has 0 fully saturated rings. The van der Waals surface area contributed by atoms with Crippen molar-refractivity contribution in [1.82, 2.24) is 15.2 Å². The van der Waals surface area contributed by atoms with Gasteiger partial charge in [0.25, 0.3) is 0 Å². The molecule has 0 bridgehead atoms. The molecule has 0 amide bonds. The lowest BCUT2D eigenvalue weighted by atomic mass is 9.85. The van der Waals surface area contributed by atoms with E-state index >= 15 is 0 Å². The quantitative estimate of drug-likeness (QED) is 0.548. The second-order valence-electron chi connectivity index (χ2n) is 6.47. The second kappa shape index (κ2) is 5.06. The number of aromatic hydroxyl groups is 1. The molecule has 4 heteroatoms. The zero-order valence-electron chi connectivity index (χ0n) is 13.2. The molecule has 0 saturated carbocycles. The van der Waals surface area contributed by atoms with Gasteiger partial charge in [0.15, 0.2) is 0 Å². The number of phenols is 1. The highest BCUT2D eigenvalue weighted by Crippen LogP contribution is 2.38. The Kier molecular flexibility index (Phi) is 2.86. The minimum atomic E-state index is 0.282. The van der Waals surface area contributed by atoms with Crippen molar-refractivity contribution in [2.24, 2.45) is 0 Å². The molecule has 2 N–H and O–H groups in total. The van der Waals surface area contributed by atoms with Gasteiger partial charge in [-0.1, -0.05) is 12.1 Å². The van der Waals surface area contributed by atoms with Gasteiger partial charge in [-0.05, 0) is 61.1 Å². The number of pyridine rings is 1. The summed E-state index contributed by atoms with van der Waals surface area (Å²) in [7, 11) is 0. The molecule has 5 rings (SSSR count). The van der Waals surface area contributed by atoms with Crippen molar-refractivity contribution < 1.29 is 5.11 Å². The molecule has 1 aliphatic carbocycles. The minimum Gasteiger partial charge on any atom is -0.508 e. The first-order valence-electron chi connectivity index (χ1n) is 8.38. The lowest BCUT2D eigenvalue weighted by Crippen LogP contribution is -2.07. The summed E-state index contributed by atoms with van der Waals surface area (Å²) in [5, 5.41) is 19.5. The molecule has 2 aromatic heterocycles. The van der Waals surface area contributed by atoms with Crippen LogP contribution < -0.4 is 0 Å². The van der Waals surface area contributed by atoms with Crippen LogP contribution in [0.5, 0.6) is 5.75 Å². The Morgan fingerprint density at radius 3 is 2.75 bits per heavy atom. The average Bonchev–Trinajstić information content (AvgIpc) is 3.09. The van der Waals surface area contributed by atoms with E-state index in [1.54, 1.807) is 12.1 Å². The van der Waals surface area contributed by atoms with Gasteiger partial charge >= 0.3 is 0 Å². The molecule has 0 unspecified atom stereocenters. The van der Waals surface area contributed by atoms with E-state index in [9.17, 15) is 5.11 Å². The van der Waals surface area contributed by atoms with Crippen molar-refractivity contribution >= 4 is 21.8 Å². The zero-order chi connectivity index (χ0) is 16.1. The molecule has 1 aliphatic rings. The fraction of sp³-hybridized carbons (Fsp3) is 0.200. The number of benzene rings is 2. The van der Waals surface area contributed by atoms with E-state index < -0.39 is 0 Å². The molecular weight excluding hydrogens is 298 g/mol. The molecule has 118 valence electrons. The van der Waals surface area contributed by atoms with Crippen molar-refractivity contribution in [3.8, 4) is 17.0 Å². The number of H-pyrrole nitrogens is 1. The van der Waals surface area contributed by atoms with Gasteiger partial charge in [0.2, 0.25) is 0 Å². The standard InChI is InChI=1S/C20H17N3O/c24-13-5-3-4-12(10-13)20-15-7-2-1-6-14(15)19-16-11-21-23-17(16)8-9-18(19)22-20/h3-5,8-11,24H,1-2,6-7H2,(H,21,23). The lowest BCUT2D eigenvalue weighted by Gasteiger charge is -2.21. The van der Waals surface area contributed by atoms with Gasteiger partial charge in [0.05, 0.1) is 22.9 Å². The lowest BCUT2D eigenvalue weighted by molar-refractivity contribution is 0.475. The number of nitrogens with one attached hydrogen (secondary N) is 1. The second-order valence-corrected chi connectivity index (χ2v) is 6.47. The fourth-order valence-electron chi connectivity index (χ4n) is 3.94. The number of hydrogen-bond acceptors (Lipinski definition) is 3. The highest BCUT2D eigenvalue weighted by Gasteiger charge is 2.21. The molecule has 4 nitrogen and oxygen atoms in total. The summed E-state index contributed by atoms with van der Waals surface area (Å²) in [5.74, 6) is 0.282. The van der Waals surface area contributed by atoms with Crippen molar-refractivity contribution in [3.63, 3.8) is 0 Å². The number of aromatic nitrogens is 3. The van der Waals surface area contributed by atoms with Crippen LogP contribution >= 0.6 is 0 Å².